The molecule has 2 aromatic rings. The number of carbonyl (C=O) groups excluding carboxylic acids is 1. The van der Waals surface area contributed by atoms with Crippen LogP contribution in [0.25, 0.3) is 0 Å². The highest BCUT2D eigenvalue weighted by Crippen LogP contribution is 2.40. The summed E-state index contributed by atoms with van der Waals surface area (Å²) in [7, 11) is 6.01. The van der Waals surface area contributed by atoms with Gasteiger partial charge in [-0.05, 0) is 18.2 Å². The number of esters is 1. The fourth-order valence-corrected chi connectivity index (χ4v) is 2.96. The smallest absolute Gasteiger partial charge is 0.338 e. The quantitative estimate of drug-likeness (QED) is 0.772. The molecule has 0 amide bonds. The van der Waals surface area contributed by atoms with Crippen molar-refractivity contribution in [1.82, 2.24) is 14.8 Å². The van der Waals surface area contributed by atoms with Gasteiger partial charge in [0, 0.05) is 12.7 Å². The van der Waals surface area contributed by atoms with Gasteiger partial charge in [0.2, 0.25) is 5.95 Å². The molecule has 9 heteroatoms. The van der Waals surface area contributed by atoms with E-state index in [0.29, 0.717) is 34.3 Å². The minimum Gasteiger partial charge on any atom is -0.497 e. The lowest BCUT2D eigenvalue weighted by Crippen LogP contribution is -2.31. The maximum absolute atomic E-state index is 12.6. The first-order valence-electron chi connectivity index (χ1n) is 7.83. The average molecular weight is 360 g/mol. The normalized spacial score (nSPS) is 15.9. The first-order chi connectivity index (χ1) is 12.6. The summed E-state index contributed by atoms with van der Waals surface area (Å²) in [6.45, 7) is 0.181. The number of anilines is 1. The number of benzene rings is 1. The van der Waals surface area contributed by atoms with E-state index in [1.807, 2.05) is 0 Å². The minimum absolute atomic E-state index is 0.181. The molecule has 1 aromatic carbocycles. The summed E-state index contributed by atoms with van der Waals surface area (Å²) in [6.07, 6.45) is 1.41. The second kappa shape index (κ2) is 7.44. The summed E-state index contributed by atoms with van der Waals surface area (Å²) in [5.41, 5.74) is 1.60. The number of nitrogens with zero attached hydrogens (tertiary/aromatic N) is 3. The number of carbonyl (C=O) groups is 1. The highest BCUT2D eigenvalue weighted by Gasteiger charge is 2.37. The first-order valence-corrected chi connectivity index (χ1v) is 7.83. The van der Waals surface area contributed by atoms with Gasteiger partial charge in [-0.3, -0.25) is 0 Å². The molecule has 1 atom stereocenters. The SMILES string of the molecule is COCC1=C(C(=O)OC)[C@H](c2cc(OC)ccc2OC)n2ncnc2N1. The standard InChI is InChI=1S/C17H20N4O5/c1-23-8-12-14(16(22)26-4)15(21-17(20-12)18-9-19-21)11-7-10(24-2)5-6-13(11)25-3/h5-7,9,15H,8H2,1-4H3,(H,18,19,20)/t15-/m0/s1. The Balaban J connectivity index is 2.26. The molecule has 0 aliphatic carbocycles. The molecule has 0 bridgehead atoms. The average Bonchev–Trinajstić information content (AvgIpc) is 3.14. The van der Waals surface area contributed by atoms with E-state index in [2.05, 4.69) is 15.4 Å². The highest BCUT2D eigenvalue weighted by molar-refractivity contribution is 5.92. The van der Waals surface area contributed by atoms with Gasteiger partial charge in [-0.15, -0.1) is 0 Å². The summed E-state index contributed by atoms with van der Waals surface area (Å²) in [5, 5.41) is 7.35. The van der Waals surface area contributed by atoms with E-state index < -0.39 is 12.0 Å². The number of fused-ring (bicyclic) bond motifs is 1. The molecule has 1 aliphatic heterocycles. The molecular weight excluding hydrogens is 340 g/mol. The maximum Gasteiger partial charge on any atom is 0.338 e. The Bertz CT molecular complexity index is 845. The summed E-state index contributed by atoms with van der Waals surface area (Å²) >= 11 is 0. The van der Waals surface area contributed by atoms with Crippen LogP contribution in [0.15, 0.2) is 35.8 Å². The van der Waals surface area contributed by atoms with E-state index in [4.69, 9.17) is 18.9 Å². The van der Waals surface area contributed by atoms with E-state index >= 15 is 0 Å². The minimum atomic E-state index is -0.614. The van der Waals surface area contributed by atoms with Gasteiger partial charge in [-0.25, -0.2) is 9.48 Å². The molecule has 0 unspecified atom stereocenters. The van der Waals surface area contributed by atoms with Crippen molar-refractivity contribution < 1.29 is 23.7 Å². The lowest BCUT2D eigenvalue weighted by molar-refractivity contribution is -0.136. The van der Waals surface area contributed by atoms with Crippen molar-refractivity contribution in [3.05, 3.63) is 41.4 Å². The highest BCUT2D eigenvalue weighted by atomic mass is 16.5. The van der Waals surface area contributed by atoms with Crippen LogP contribution in [0.5, 0.6) is 11.5 Å². The first kappa shape index (κ1) is 17.7. The summed E-state index contributed by atoms with van der Waals surface area (Å²) < 4.78 is 22.7. The zero-order chi connectivity index (χ0) is 18.7. The third kappa shape index (κ3) is 2.97. The molecular formula is C17H20N4O5. The van der Waals surface area contributed by atoms with Gasteiger partial charge >= 0.3 is 5.97 Å². The molecule has 0 fully saturated rings. The Morgan fingerprint density at radius 3 is 2.69 bits per heavy atom. The Kier molecular flexibility index (Phi) is 5.08. The Labute approximate surface area is 150 Å². The molecule has 3 rings (SSSR count). The Morgan fingerprint density at radius 1 is 1.23 bits per heavy atom. The van der Waals surface area contributed by atoms with Crippen molar-refractivity contribution in [3.63, 3.8) is 0 Å². The van der Waals surface area contributed by atoms with Crippen LogP contribution in [-0.4, -0.2) is 55.8 Å². The number of hydrogen-bond acceptors (Lipinski definition) is 8. The van der Waals surface area contributed by atoms with Crippen molar-refractivity contribution in [3.8, 4) is 11.5 Å². The van der Waals surface area contributed by atoms with Gasteiger partial charge in [-0.2, -0.15) is 10.1 Å². The maximum atomic E-state index is 12.6. The number of nitrogens with one attached hydrogen (secondary N) is 1. The van der Waals surface area contributed by atoms with Crippen LogP contribution in [0.2, 0.25) is 0 Å². The van der Waals surface area contributed by atoms with E-state index in [-0.39, 0.29) is 6.61 Å². The second-order valence-corrected chi connectivity index (χ2v) is 5.48. The van der Waals surface area contributed by atoms with Crippen molar-refractivity contribution >= 4 is 11.9 Å². The summed E-state index contributed by atoms with van der Waals surface area (Å²) in [4.78, 5) is 16.8. The lowest BCUT2D eigenvalue weighted by atomic mass is 9.94. The van der Waals surface area contributed by atoms with Crippen LogP contribution < -0.4 is 14.8 Å². The van der Waals surface area contributed by atoms with Crippen LogP contribution in [0.1, 0.15) is 11.6 Å². The molecule has 1 aromatic heterocycles. The van der Waals surface area contributed by atoms with Gasteiger partial charge in [0.15, 0.2) is 0 Å². The molecule has 1 N–H and O–H groups in total. The monoisotopic (exact) mass is 360 g/mol. The largest absolute Gasteiger partial charge is 0.497 e. The van der Waals surface area contributed by atoms with Crippen LogP contribution >= 0.6 is 0 Å². The summed E-state index contributed by atoms with van der Waals surface area (Å²) in [5.74, 6) is 1.19. The fourth-order valence-electron chi connectivity index (χ4n) is 2.96. The van der Waals surface area contributed by atoms with Crippen LogP contribution in [-0.2, 0) is 14.3 Å². The van der Waals surface area contributed by atoms with E-state index in [1.54, 1.807) is 44.2 Å². The predicted octanol–water partition coefficient (Wildman–Crippen LogP) is 1.38. The molecule has 0 spiro atoms. The van der Waals surface area contributed by atoms with Crippen molar-refractivity contribution in [2.24, 2.45) is 0 Å². The molecule has 0 saturated carbocycles. The molecule has 9 nitrogen and oxygen atoms in total. The van der Waals surface area contributed by atoms with E-state index in [0.717, 1.165) is 0 Å². The topological polar surface area (TPSA) is 96.7 Å². The Morgan fingerprint density at radius 2 is 2.04 bits per heavy atom. The van der Waals surface area contributed by atoms with E-state index in [1.165, 1.54) is 13.4 Å². The Hall–Kier alpha value is -3.07. The molecule has 26 heavy (non-hydrogen) atoms. The van der Waals surface area contributed by atoms with Gasteiger partial charge in [-0.1, -0.05) is 0 Å². The number of aromatic nitrogens is 3. The molecule has 0 saturated heterocycles. The number of methoxy groups -OCH3 is 4. The molecule has 1 aliphatic rings. The van der Waals surface area contributed by atoms with Crippen molar-refractivity contribution in [2.45, 2.75) is 6.04 Å². The molecule has 0 radical (unpaired) electrons. The van der Waals surface area contributed by atoms with Crippen LogP contribution in [0, 0.1) is 0 Å². The third-order valence-electron chi connectivity index (χ3n) is 4.10. The number of ether oxygens (including phenoxy) is 4. The number of hydrogen-bond donors (Lipinski definition) is 1. The van der Waals surface area contributed by atoms with Gasteiger partial charge in [0.05, 0.1) is 39.2 Å². The van der Waals surface area contributed by atoms with Gasteiger partial charge in [0.1, 0.15) is 23.9 Å². The fraction of sp³-hybridized carbons (Fsp3) is 0.353. The van der Waals surface area contributed by atoms with Gasteiger partial charge < -0.3 is 24.3 Å². The van der Waals surface area contributed by atoms with Crippen molar-refractivity contribution in [1.29, 1.82) is 0 Å². The van der Waals surface area contributed by atoms with Crippen molar-refractivity contribution in [2.75, 3.05) is 40.4 Å². The predicted molar refractivity (Wildman–Crippen MR) is 92.2 cm³/mol. The second-order valence-electron chi connectivity index (χ2n) is 5.48. The summed E-state index contributed by atoms with van der Waals surface area (Å²) in [6, 6.07) is 4.74. The third-order valence-corrected chi connectivity index (χ3v) is 4.10. The zero-order valence-electron chi connectivity index (χ0n) is 15.0. The van der Waals surface area contributed by atoms with Crippen LogP contribution in [0.3, 0.4) is 0 Å². The zero-order valence-corrected chi connectivity index (χ0v) is 15.0. The van der Waals surface area contributed by atoms with E-state index in [9.17, 15) is 4.79 Å². The van der Waals surface area contributed by atoms with Gasteiger partial charge in [0.25, 0.3) is 0 Å². The molecule has 2 heterocycles. The molecule has 138 valence electrons. The lowest BCUT2D eigenvalue weighted by Gasteiger charge is -2.29. The number of rotatable bonds is 6. The van der Waals surface area contributed by atoms with Crippen LogP contribution in [0.4, 0.5) is 5.95 Å².